The van der Waals surface area contributed by atoms with Crippen molar-refractivity contribution in [3.8, 4) is 45.6 Å². The number of benzene rings is 4. The molecule has 0 unspecified atom stereocenters. The molecule has 0 saturated heterocycles. The molecule has 3 aromatic heterocycles. The summed E-state index contributed by atoms with van der Waals surface area (Å²) in [6, 6.07) is 22.2. The fourth-order valence-corrected chi connectivity index (χ4v) is 6.37. The van der Waals surface area contributed by atoms with Crippen LogP contribution in [0.15, 0.2) is 72.8 Å². The van der Waals surface area contributed by atoms with Gasteiger partial charge in [-0.15, -0.1) is 0 Å². The Kier molecular flexibility index (Phi) is 5.55. The molecule has 8 bridgehead atoms. The smallest absolute Gasteiger partial charge is 0.164 e. The monoisotopic (exact) mass is 650 g/mol. The van der Waals surface area contributed by atoms with Crippen LogP contribution in [-0.4, -0.2) is 39.9 Å². The van der Waals surface area contributed by atoms with Crippen LogP contribution in [-0.2, 0) is 0 Å². The number of rotatable bonds is 0. The Morgan fingerprint density at radius 1 is 0.341 bits per heavy atom. The summed E-state index contributed by atoms with van der Waals surface area (Å²) < 4.78 is 0. The summed E-state index contributed by atoms with van der Waals surface area (Å²) in [5.41, 5.74) is 5.25. The molecule has 2 aliphatic heterocycles. The minimum absolute atomic E-state index is 0.450. The molecule has 0 atom stereocenters. The fourth-order valence-electron chi connectivity index (χ4n) is 5.68. The highest BCUT2D eigenvalue weighted by Crippen LogP contribution is 2.39. The Morgan fingerprint density at radius 2 is 0.682 bits per heavy atom. The van der Waals surface area contributed by atoms with E-state index in [1.54, 1.807) is 12.1 Å². The van der Waals surface area contributed by atoms with Crippen LogP contribution in [0.1, 0.15) is 0 Å². The standard InChI is InChI=1S/C32H14Cl4N8/c33-13-1-5-17-21(9-13)29-37-25(17)41-30-22-10-14(34)2-6-18(22)27(38-30)43-32-24-12-16(36)4-8-20(24)28(40-32)44-31-23-11-15(35)3-7-19(23)26(39-31)42-29/h1-12H,(H2,37,38,39,40,41,42,43,44). The van der Waals surface area contributed by atoms with E-state index in [2.05, 4.69) is 9.97 Å². The number of H-pyrrole nitrogens is 2. The van der Waals surface area contributed by atoms with Crippen LogP contribution in [0.4, 0.5) is 0 Å². The zero-order chi connectivity index (χ0) is 29.7. The zero-order valence-electron chi connectivity index (χ0n) is 22.1. The van der Waals surface area contributed by atoms with Crippen LogP contribution < -0.4 is 0 Å². The molecular weight excluding hydrogens is 638 g/mol. The average Bonchev–Trinajstić information content (AvgIpc) is 3.71. The Morgan fingerprint density at radius 3 is 1.11 bits per heavy atom. The summed E-state index contributed by atoms with van der Waals surface area (Å²) in [5.74, 6) is 1.83. The Hall–Kier alpha value is -4.60. The van der Waals surface area contributed by atoms with Gasteiger partial charge in [0.15, 0.2) is 23.3 Å². The minimum atomic E-state index is 0.450. The van der Waals surface area contributed by atoms with Gasteiger partial charge in [-0.1, -0.05) is 46.4 Å². The number of nitrogens with one attached hydrogen (secondary N) is 2. The minimum Gasteiger partial charge on any atom is -0.324 e. The van der Waals surface area contributed by atoms with Crippen molar-refractivity contribution >= 4 is 90.5 Å². The van der Waals surface area contributed by atoms with Crippen LogP contribution in [0, 0.1) is 0 Å². The predicted molar refractivity (Wildman–Crippen MR) is 176 cm³/mol. The van der Waals surface area contributed by atoms with Gasteiger partial charge in [0, 0.05) is 63.9 Å². The quantitative estimate of drug-likeness (QED) is 0.169. The van der Waals surface area contributed by atoms with Crippen molar-refractivity contribution in [2.24, 2.45) is 0 Å². The molecule has 0 amide bonds. The van der Waals surface area contributed by atoms with Crippen molar-refractivity contribution in [2.45, 2.75) is 0 Å². The third-order valence-corrected chi connectivity index (χ3v) is 8.62. The zero-order valence-corrected chi connectivity index (χ0v) is 25.1. The molecule has 4 aromatic carbocycles. The molecule has 210 valence electrons. The Balaban J connectivity index is 1.51. The molecule has 0 saturated carbocycles. The molecule has 7 aromatic rings. The molecule has 5 heterocycles. The van der Waals surface area contributed by atoms with E-state index in [4.69, 9.17) is 76.3 Å². The third-order valence-electron chi connectivity index (χ3n) is 7.68. The second-order valence-electron chi connectivity index (χ2n) is 10.4. The SMILES string of the molecule is Clc1ccc2c(c1)-c1nc-2nc2[nH]c(nc3nc(nc4[nH]c(n1)c1ccc(Cl)cc41)-c1ccc(Cl)cc1-3)c1ccc(Cl)cc21. The summed E-state index contributed by atoms with van der Waals surface area (Å²) in [7, 11) is 0. The van der Waals surface area contributed by atoms with Gasteiger partial charge in [-0.2, -0.15) is 0 Å². The first-order chi connectivity index (χ1) is 21.4. The first-order valence-electron chi connectivity index (χ1n) is 13.4. The highest BCUT2D eigenvalue weighted by molar-refractivity contribution is 6.32. The lowest BCUT2D eigenvalue weighted by Crippen LogP contribution is -1.83. The Bertz CT molecular complexity index is 2390. The van der Waals surface area contributed by atoms with Crippen molar-refractivity contribution in [1.29, 1.82) is 0 Å². The van der Waals surface area contributed by atoms with Crippen molar-refractivity contribution in [3.63, 3.8) is 0 Å². The first-order valence-corrected chi connectivity index (χ1v) is 14.9. The van der Waals surface area contributed by atoms with E-state index in [1.165, 1.54) is 0 Å². The number of fused-ring (bicyclic) bond motifs is 20. The number of nitrogens with zero attached hydrogens (tertiary/aromatic N) is 6. The molecule has 44 heavy (non-hydrogen) atoms. The molecule has 8 nitrogen and oxygen atoms in total. The van der Waals surface area contributed by atoms with Gasteiger partial charge >= 0.3 is 0 Å². The lowest BCUT2D eigenvalue weighted by Gasteiger charge is -1.98. The van der Waals surface area contributed by atoms with E-state index >= 15 is 0 Å². The lowest BCUT2D eigenvalue weighted by molar-refractivity contribution is 1.19. The summed E-state index contributed by atoms with van der Waals surface area (Å²) in [5, 5.41) is 5.42. The van der Waals surface area contributed by atoms with E-state index in [0.29, 0.717) is 66.0 Å². The van der Waals surface area contributed by atoms with Crippen LogP contribution in [0.25, 0.3) is 89.7 Å². The Labute approximate surface area is 267 Å². The largest absolute Gasteiger partial charge is 0.324 e. The predicted octanol–water partition coefficient (Wildman–Crippen LogP) is 9.48. The van der Waals surface area contributed by atoms with Gasteiger partial charge in [0.05, 0.1) is 0 Å². The molecule has 0 spiro atoms. The molecular formula is C32H14Cl4N8. The fraction of sp³-hybridized carbons (Fsp3) is 0. The highest BCUT2D eigenvalue weighted by Gasteiger charge is 2.23. The molecule has 9 rings (SSSR count). The summed E-state index contributed by atoms with van der Waals surface area (Å²) in [6.07, 6.45) is 0. The van der Waals surface area contributed by atoms with E-state index in [9.17, 15) is 0 Å². The van der Waals surface area contributed by atoms with E-state index in [-0.39, 0.29) is 0 Å². The number of hydrogen-bond donors (Lipinski definition) is 2. The third kappa shape index (κ3) is 3.99. The molecule has 0 fully saturated rings. The summed E-state index contributed by atoms with van der Waals surface area (Å²) in [6.45, 7) is 0. The number of hydrogen-bond acceptors (Lipinski definition) is 6. The maximum Gasteiger partial charge on any atom is 0.164 e. The van der Waals surface area contributed by atoms with E-state index < -0.39 is 0 Å². The van der Waals surface area contributed by atoms with Gasteiger partial charge in [-0.25, -0.2) is 29.9 Å². The average molecular weight is 652 g/mol. The van der Waals surface area contributed by atoms with Crippen molar-refractivity contribution in [3.05, 3.63) is 92.9 Å². The van der Waals surface area contributed by atoms with Gasteiger partial charge in [-0.3, -0.25) is 0 Å². The summed E-state index contributed by atoms with van der Waals surface area (Å²) >= 11 is 25.8. The van der Waals surface area contributed by atoms with Gasteiger partial charge in [-0.05, 0) is 72.8 Å². The molecule has 0 aliphatic carbocycles. The van der Waals surface area contributed by atoms with Gasteiger partial charge in [0.1, 0.15) is 22.6 Å². The first kappa shape index (κ1) is 25.9. The number of aromatic amines is 2. The van der Waals surface area contributed by atoms with Crippen molar-refractivity contribution in [1.82, 2.24) is 39.9 Å². The second kappa shape index (κ2) is 9.45. The topological polar surface area (TPSA) is 109 Å². The van der Waals surface area contributed by atoms with Gasteiger partial charge in [0.25, 0.3) is 0 Å². The summed E-state index contributed by atoms with van der Waals surface area (Å²) in [4.78, 5) is 36.4. The molecule has 0 radical (unpaired) electrons. The number of aromatic nitrogens is 8. The lowest BCUT2D eigenvalue weighted by atomic mass is 10.1. The van der Waals surface area contributed by atoms with E-state index in [0.717, 1.165) is 43.8 Å². The van der Waals surface area contributed by atoms with Gasteiger partial charge < -0.3 is 9.97 Å². The van der Waals surface area contributed by atoms with Gasteiger partial charge in [0.2, 0.25) is 0 Å². The van der Waals surface area contributed by atoms with Crippen LogP contribution in [0.3, 0.4) is 0 Å². The number of halogens is 4. The second-order valence-corrected chi connectivity index (χ2v) is 12.1. The maximum atomic E-state index is 6.44. The highest BCUT2D eigenvalue weighted by atomic mass is 35.5. The normalized spacial score (nSPS) is 12.1. The van der Waals surface area contributed by atoms with Crippen LogP contribution in [0.2, 0.25) is 20.1 Å². The van der Waals surface area contributed by atoms with Crippen molar-refractivity contribution < 1.29 is 0 Å². The molecule has 12 heteroatoms. The molecule has 2 N–H and O–H groups in total. The van der Waals surface area contributed by atoms with Crippen LogP contribution >= 0.6 is 46.4 Å². The van der Waals surface area contributed by atoms with Crippen molar-refractivity contribution in [2.75, 3.05) is 0 Å². The van der Waals surface area contributed by atoms with Crippen LogP contribution in [0.5, 0.6) is 0 Å². The van der Waals surface area contributed by atoms with E-state index in [1.807, 2.05) is 60.7 Å². The maximum absolute atomic E-state index is 6.44. The molecule has 2 aliphatic rings.